The summed E-state index contributed by atoms with van der Waals surface area (Å²) in [4.78, 5) is 16.8. The zero-order chi connectivity index (χ0) is 19.4. The van der Waals surface area contributed by atoms with Gasteiger partial charge in [0.1, 0.15) is 11.7 Å². The molecule has 0 fully saturated rings. The third-order valence-electron chi connectivity index (χ3n) is 4.44. The van der Waals surface area contributed by atoms with Crippen molar-refractivity contribution in [3.8, 4) is 0 Å². The third-order valence-corrected chi connectivity index (χ3v) is 4.44. The molecule has 0 aliphatic heterocycles. The molecular formula is C22H25N3O2. The van der Waals surface area contributed by atoms with Crippen molar-refractivity contribution in [3.05, 3.63) is 83.4 Å². The number of carboxylic acids is 1. The van der Waals surface area contributed by atoms with Gasteiger partial charge in [-0.2, -0.15) is 5.10 Å². The molecule has 0 saturated carbocycles. The van der Waals surface area contributed by atoms with Crippen LogP contribution in [-0.4, -0.2) is 25.8 Å². The second-order valence-corrected chi connectivity index (χ2v) is 7.77. The molecule has 27 heavy (non-hydrogen) atoms. The topological polar surface area (TPSA) is 68.0 Å². The highest BCUT2D eigenvalue weighted by molar-refractivity contribution is 5.75. The second kappa shape index (κ2) is 7.74. The van der Waals surface area contributed by atoms with E-state index in [9.17, 15) is 9.90 Å². The quantitative estimate of drug-likeness (QED) is 0.718. The van der Waals surface area contributed by atoms with Crippen molar-refractivity contribution in [1.82, 2.24) is 14.8 Å². The Balaban J connectivity index is 2.02. The number of aliphatic carboxylic acids is 1. The summed E-state index contributed by atoms with van der Waals surface area (Å²) in [5.74, 6) is -0.478. The van der Waals surface area contributed by atoms with Crippen molar-refractivity contribution in [3.63, 3.8) is 0 Å². The summed E-state index contributed by atoms with van der Waals surface area (Å²) in [7, 11) is 0. The average Bonchev–Trinajstić information content (AvgIpc) is 3.05. The maximum atomic E-state index is 12.1. The summed E-state index contributed by atoms with van der Waals surface area (Å²) in [6.07, 6.45) is 0.382. The Morgan fingerprint density at radius 2 is 1.56 bits per heavy atom. The zero-order valence-corrected chi connectivity index (χ0v) is 16.0. The van der Waals surface area contributed by atoms with Crippen LogP contribution in [0, 0.1) is 0 Å². The van der Waals surface area contributed by atoms with E-state index in [4.69, 9.17) is 0 Å². The Bertz CT molecular complexity index is 896. The van der Waals surface area contributed by atoms with E-state index in [0.29, 0.717) is 24.6 Å². The number of nitrogens with zero attached hydrogens (tertiary/aromatic N) is 3. The molecule has 0 saturated heterocycles. The highest BCUT2D eigenvalue weighted by Crippen LogP contribution is 2.25. The SMILES string of the molecule is CC(C)(C)c1nc(C(Cc2ccccc2)C(=O)O)n(Cc2ccccc2)n1. The van der Waals surface area contributed by atoms with Crippen LogP contribution < -0.4 is 0 Å². The molecule has 140 valence electrons. The van der Waals surface area contributed by atoms with E-state index >= 15 is 0 Å². The van der Waals surface area contributed by atoms with Gasteiger partial charge in [0, 0.05) is 5.41 Å². The fraction of sp³-hybridized carbons (Fsp3) is 0.318. The molecule has 0 radical (unpaired) electrons. The van der Waals surface area contributed by atoms with Gasteiger partial charge in [-0.05, 0) is 17.5 Å². The fourth-order valence-electron chi connectivity index (χ4n) is 2.94. The Hall–Kier alpha value is -2.95. The van der Waals surface area contributed by atoms with Gasteiger partial charge in [-0.25, -0.2) is 9.67 Å². The normalized spacial score (nSPS) is 12.7. The van der Waals surface area contributed by atoms with Gasteiger partial charge < -0.3 is 5.11 Å². The molecule has 1 heterocycles. The molecule has 0 spiro atoms. The standard InChI is InChI=1S/C22H25N3O2/c1-22(2,3)21-23-19(25(24-21)15-17-12-8-5-9-13-17)18(20(26)27)14-16-10-6-4-7-11-16/h4-13,18H,14-15H2,1-3H3,(H,26,27). The zero-order valence-electron chi connectivity index (χ0n) is 16.0. The van der Waals surface area contributed by atoms with Crippen LogP contribution in [0.2, 0.25) is 0 Å². The number of rotatable bonds is 6. The van der Waals surface area contributed by atoms with Crippen molar-refractivity contribution in [2.24, 2.45) is 0 Å². The van der Waals surface area contributed by atoms with Gasteiger partial charge in [0.15, 0.2) is 5.82 Å². The molecule has 5 nitrogen and oxygen atoms in total. The van der Waals surface area contributed by atoms with E-state index in [-0.39, 0.29) is 5.41 Å². The van der Waals surface area contributed by atoms with Gasteiger partial charge in [0.05, 0.1) is 6.54 Å². The van der Waals surface area contributed by atoms with Crippen LogP contribution in [0.25, 0.3) is 0 Å². The van der Waals surface area contributed by atoms with Crippen LogP contribution in [0.4, 0.5) is 0 Å². The molecule has 3 rings (SSSR count). The smallest absolute Gasteiger partial charge is 0.314 e. The number of benzene rings is 2. The number of hydrogen-bond acceptors (Lipinski definition) is 3. The highest BCUT2D eigenvalue weighted by atomic mass is 16.4. The largest absolute Gasteiger partial charge is 0.481 e. The second-order valence-electron chi connectivity index (χ2n) is 7.77. The maximum absolute atomic E-state index is 12.1. The first-order valence-corrected chi connectivity index (χ1v) is 9.10. The minimum Gasteiger partial charge on any atom is -0.481 e. The summed E-state index contributed by atoms with van der Waals surface area (Å²) in [6, 6.07) is 19.6. The molecule has 0 bridgehead atoms. The highest BCUT2D eigenvalue weighted by Gasteiger charge is 2.30. The molecule has 3 aromatic rings. The number of carbonyl (C=O) groups is 1. The van der Waals surface area contributed by atoms with Crippen LogP contribution in [0.15, 0.2) is 60.7 Å². The lowest BCUT2D eigenvalue weighted by Crippen LogP contribution is -2.20. The lowest BCUT2D eigenvalue weighted by molar-refractivity contribution is -0.139. The van der Waals surface area contributed by atoms with Gasteiger partial charge in [-0.1, -0.05) is 81.4 Å². The van der Waals surface area contributed by atoms with Gasteiger partial charge in [-0.15, -0.1) is 0 Å². The van der Waals surface area contributed by atoms with E-state index in [1.807, 2.05) is 81.4 Å². The minimum absolute atomic E-state index is 0.257. The molecule has 1 unspecified atom stereocenters. The van der Waals surface area contributed by atoms with E-state index < -0.39 is 11.9 Å². The average molecular weight is 363 g/mol. The molecule has 0 amide bonds. The van der Waals surface area contributed by atoms with Crippen molar-refractivity contribution in [2.45, 2.75) is 45.1 Å². The lowest BCUT2D eigenvalue weighted by atomic mass is 9.95. The van der Waals surface area contributed by atoms with E-state index in [0.717, 1.165) is 11.1 Å². The first kappa shape index (κ1) is 18.8. The fourth-order valence-corrected chi connectivity index (χ4v) is 2.94. The Kier molecular flexibility index (Phi) is 5.40. The van der Waals surface area contributed by atoms with Crippen LogP contribution in [-0.2, 0) is 23.2 Å². The summed E-state index contributed by atoms with van der Waals surface area (Å²) in [6.45, 7) is 6.60. The predicted octanol–water partition coefficient (Wildman–Crippen LogP) is 4.03. The Morgan fingerprint density at radius 3 is 2.07 bits per heavy atom. The monoisotopic (exact) mass is 363 g/mol. The molecule has 5 heteroatoms. The first-order chi connectivity index (χ1) is 12.8. The molecule has 1 aromatic heterocycles. The Labute approximate surface area is 159 Å². The van der Waals surface area contributed by atoms with Gasteiger partial charge >= 0.3 is 5.97 Å². The minimum atomic E-state index is -0.888. The molecule has 0 aliphatic carbocycles. The van der Waals surface area contributed by atoms with E-state index in [1.165, 1.54) is 0 Å². The lowest BCUT2D eigenvalue weighted by Gasteiger charge is -2.13. The number of aromatic nitrogens is 3. The summed E-state index contributed by atoms with van der Waals surface area (Å²) in [5.41, 5.74) is 1.77. The summed E-state index contributed by atoms with van der Waals surface area (Å²) >= 11 is 0. The number of hydrogen-bond donors (Lipinski definition) is 1. The van der Waals surface area contributed by atoms with Crippen molar-refractivity contribution in [1.29, 1.82) is 0 Å². The van der Waals surface area contributed by atoms with Crippen LogP contribution in [0.1, 0.15) is 49.5 Å². The van der Waals surface area contributed by atoms with Crippen LogP contribution in [0.3, 0.4) is 0 Å². The summed E-state index contributed by atoms with van der Waals surface area (Å²) in [5, 5.41) is 14.6. The molecule has 2 aromatic carbocycles. The molecule has 0 aliphatic rings. The summed E-state index contributed by atoms with van der Waals surface area (Å²) < 4.78 is 1.75. The van der Waals surface area contributed by atoms with E-state index in [2.05, 4.69) is 10.1 Å². The van der Waals surface area contributed by atoms with Gasteiger partial charge in [-0.3, -0.25) is 4.79 Å². The molecule has 1 atom stereocenters. The maximum Gasteiger partial charge on any atom is 0.314 e. The van der Waals surface area contributed by atoms with Gasteiger partial charge in [0.25, 0.3) is 0 Å². The predicted molar refractivity (Wildman–Crippen MR) is 105 cm³/mol. The van der Waals surface area contributed by atoms with Crippen molar-refractivity contribution >= 4 is 5.97 Å². The van der Waals surface area contributed by atoms with Gasteiger partial charge in [0.2, 0.25) is 0 Å². The van der Waals surface area contributed by atoms with Crippen LogP contribution in [0.5, 0.6) is 0 Å². The Morgan fingerprint density at radius 1 is 1.00 bits per heavy atom. The molecule has 1 N–H and O–H groups in total. The number of carboxylic acid groups (broad SMARTS) is 1. The van der Waals surface area contributed by atoms with Crippen LogP contribution >= 0.6 is 0 Å². The van der Waals surface area contributed by atoms with Crippen molar-refractivity contribution < 1.29 is 9.90 Å². The molecular weight excluding hydrogens is 338 g/mol. The first-order valence-electron chi connectivity index (χ1n) is 9.10. The van der Waals surface area contributed by atoms with E-state index in [1.54, 1.807) is 4.68 Å². The van der Waals surface area contributed by atoms with Crippen molar-refractivity contribution in [2.75, 3.05) is 0 Å². The third kappa shape index (κ3) is 4.61.